The van der Waals surface area contributed by atoms with Crippen molar-refractivity contribution in [1.82, 2.24) is 4.98 Å². The Labute approximate surface area is 265 Å². The summed E-state index contributed by atoms with van der Waals surface area (Å²) in [5, 5.41) is 1.16. The van der Waals surface area contributed by atoms with Crippen LogP contribution in [0.2, 0.25) is 0 Å². The SMILES string of the molecule is CCc1ccccc1C1(c2cc(-c3cccc(-c4ccc5ccccc5n4)c3)ccc2CC)c2ccccc2-c2ccccc21. The van der Waals surface area contributed by atoms with E-state index in [1.165, 1.54) is 55.6 Å². The van der Waals surface area contributed by atoms with Crippen LogP contribution in [0.5, 0.6) is 0 Å². The van der Waals surface area contributed by atoms with Gasteiger partial charge in [-0.1, -0.05) is 141 Å². The number of para-hydroxylation sites is 1. The average Bonchev–Trinajstić information content (AvgIpc) is 3.42. The van der Waals surface area contributed by atoms with E-state index in [2.05, 4.69) is 166 Å². The van der Waals surface area contributed by atoms with Crippen LogP contribution in [-0.2, 0) is 18.3 Å². The first-order valence-electron chi connectivity index (χ1n) is 16.1. The van der Waals surface area contributed by atoms with Gasteiger partial charge in [-0.25, -0.2) is 4.98 Å². The maximum Gasteiger partial charge on any atom is 0.0719 e. The minimum Gasteiger partial charge on any atom is -0.248 e. The highest BCUT2D eigenvalue weighted by Crippen LogP contribution is 2.57. The molecule has 0 atom stereocenters. The molecular weight excluding hydrogens is 542 g/mol. The number of rotatable bonds is 6. The van der Waals surface area contributed by atoms with E-state index in [4.69, 9.17) is 4.98 Å². The number of nitrogens with zero attached hydrogens (tertiary/aromatic N) is 1. The van der Waals surface area contributed by atoms with Crippen LogP contribution in [0.3, 0.4) is 0 Å². The van der Waals surface area contributed by atoms with Gasteiger partial charge in [-0.3, -0.25) is 0 Å². The number of hydrogen-bond donors (Lipinski definition) is 0. The summed E-state index contributed by atoms with van der Waals surface area (Å²) in [6.07, 6.45) is 1.93. The molecule has 7 aromatic rings. The van der Waals surface area contributed by atoms with Gasteiger partial charge < -0.3 is 0 Å². The number of aryl methyl sites for hydroxylation is 2. The van der Waals surface area contributed by atoms with Crippen molar-refractivity contribution in [3.8, 4) is 33.5 Å². The van der Waals surface area contributed by atoms with E-state index in [-0.39, 0.29) is 0 Å². The standard InChI is InChI=1S/C44H35N/c1-3-30-14-5-9-20-38(30)44(39-21-10-7-18-36(39)37-19-8-11-22-40(37)44)41-29-34(25-24-31(41)4-2)33-16-13-17-35(28-33)43-27-26-32-15-6-12-23-42(32)45-43/h5-29H,3-4H2,1-2H3. The van der Waals surface area contributed by atoms with Gasteiger partial charge in [0.2, 0.25) is 0 Å². The summed E-state index contributed by atoms with van der Waals surface area (Å²) in [6, 6.07) is 55.9. The highest BCUT2D eigenvalue weighted by molar-refractivity contribution is 5.88. The molecule has 1 aromatic heterocycles. The number of aromatic nitrogens is 1. The van der Waals surface area contributed by atoms with Crippen LogP contribution < -0.4 is 0 Å². The van der Waals surface area contributed by atoms with E-state index in [0.717, 1.165) is 35.0 Å². The molecule has 0 saturated carbocycles. The van der Waals surface area contributed by atoms with Crippen molar-refractivity contribution in [2.24, 2.45) is 0 Å². The predicted octanol–water partition coefficient (Wildman–Crippen LogP) is 11.1. The fourth-order valence-corrected chi connectivity index (χ4v) is 7.65. The van der Waals surface area contributed by atoms with Crippen molar-refractivity contribution in [2.45, 2.75) is 32.1 Å². The lowest BCUT2D eigenvalue weighted by atomic mass is 9.64. The van der Waals surface area contributed by atoms with Crippen LogP contribution in [-0.4, -0.2) is 4.98 Å². The third kappa shape index (κ3) is 4.26. The first-order valence-corrected chi connectivity index (χ1v) is 16.1. The van der Waals surface area contributed by atoms with Gasteiger partial charge in [0.25, 0.3) is 0 Å². The monoisotopic (exact) mass is 577 g/mol. The Morgan fingerprint density at radius 1 is 0.444 bits per heavy atom. The molecule has 216 valence electrons. The highest BCUT2D eigenvalue weighted by Gasteiger charge is 2.47. The fraction of sp³-hybridized carbons (Fsp3) is 0.114. The Morgan fingerprint density at radius 3 is 1.80 bits per heavy atom. The van der Waals surface area contributed by atoms with Crippen molar-refractivity contribution in [1.29, 1.82) is 0 Å². The van der Waals surface area contributed by atoms with Crippen LogP contribution in [0.15, 0.2) is 152 Å². The molecule has 0 fully saturated rings. The molecule has 0 unspecified atom stereocenters. The van der Waals surface area contributed by atoms with Crippen molar-refractivity contribution in [2.75, 3.05) is 0 Å². The van der Waals surface area contributed by atoms with Gasteiger partial charge in [0.1, 0.15) is 0 Å². The molecule has 1 nitrogen and oxygen atoms in total. The van der Waals surface area contributed by atoms with Gasteiger partial charge >= 0.3 is 0 Å². The topological polar surface area (TPSA) is 12.9 Å². The van der Waals surface area contributed by atoms with Gasteiger partial charge in [-0.2, -0.15) is 0 Å². The zero-order valence-corrected chi connectivity index (χ0v) is 25.8. The molecule has 1 heteroatoms. The number of hydrogen-bond acceptors (Lipinski definition) is 1. The van der Waals surface area contributed by atoms with Crippen molar-refractivity contribution in [3.63, 3.8) is 0 Å². The Bertz CT molecular complexity index is 2160. The zero-order chi connectivity index (χ0) is 30.4. The Balaban J connectivity index is 1.38. The smallest absolute Gasteiger partial charge is 0.0719 e. The van der Waals surface area contributed by atoms with Crippen LogP contribution in [0.4, 0.5) is 0 Å². The van der Waals surface area contributed by atoms with E-state index < -0.39 is 5.41 Å². The summed E-state index contributed by atoms with van der Waals surface area (Å²) in [5.41, 5.74) is 16.1. The number of pyridine rings is 1. The lowest BCUT2D eigenvalue weighted by molar-refractivity contribution is 0.741. The maximum atomic E-state index is 5.01. The molecule has 8 rings (SSSR count). The highest BCUT2D eigenvalue weighted by atomic mass is 14.7. The zero-order valence-electron chi connectivity index (χ0n) is 25.8. The van der Waals surface area contributed by atoms with Gasteiger partial charge in [0, 0.05) is 10.9 Å². The summed E-state index contributed by atoms with van der Waals surface area (Å²) in [5.74, 6) is 0. The van der Waals surface area contributed by atoms with Crippen LogP contribution in [0.1, 0.15) is 47.2 Å². The molecular formula is C44H35N. The molecule has 1 aliphatic rings. The van der Waals surface area contributed by atoms with Gasteiger partial charge in [0.15, 0.2) is 0 Å². The maximum absolute atomic E-state index is 5.01. The van der Waals surface area contributed by atoms with Crippen molar-refractivity contribution in [3.05, 3.63) is 185 Å². The van der Waals surface area contributed by atoms with Gasteiger partial charge in [0.05, 0.1) is 16.6 Å². The average molecular weight is 578 g/mol. The second-order valence-corrected chi connectivity index (χ2v) is 12.0. The third-order valence-electron chi connectivity index (χ3n) is 9.74. The molecule has 0 bridgehead atoms. The first kappa shape index (κ1) is 27.3. The van der Waals surface area contributed by atoms with Crippen molar-refractivity contribution >= 4 is 10.9 Å². The Kier molecular flexibility index (Phi) is 6.68. The minimum atomic E-state index is -0.418. The van der Waals surface area contributed by atoms with E-state index in [1.54, 1.807) is 0 Å². The molecule has 0 aliphatic heterocycles. The largest absolute Gasteiger partial charge is 0.248 e. The molecule has 0 N–H and O–H groups in total. The minimum absolute atomic E-state index is 0.418. The van der Waals surface area contributed by atoms with E-state index in [0.29, 0.717) is 0 Å². The predicted molar refractivity (Wildman–Crippen MR) is 189 cm³/mol. The summed E-state index contributed by atoms with van der Waals surface area (Å²) in [6.45, 7) is 4.57. The van der Waals surface area contributed by atoms with Crippen LogP contribution in [0.25, 0.3) is 44.4 Å². The summed E-state index contributed by atoms with van der Waals surface area (Å²) < 4.78 is 0. The normalized spacial score (nSPS) is 13.0. The molecule has 6 aromatic carbocycles. The summed E-state index contributed by atoms with van der Waals surface area (Å²) in [7, 11) is 0. The van der Waals surface area contributed by atoms with E-state index >= 15 is 0 Å². The van der Waals surface area contributed by atoms with E-state index in [1.807, 2.05) is 0 Å². The first-order chi connectivity index (χ1) is 22.2. The second-order valence-electron chi connectivity index (χ2n) is 12.0. The molecule has 45 heavy (non-hydrogen) atoms. The quantitative estimate of drug-likeness (QED) is 0.192. The molecule has 1 heterocycles. The molecule has 0 radical (unpaired) electrons. The molecule has 0 amide bonds. The lowest BCUT2D eigenvalue weighted by Gasteiger charge is -2.37. The number of fused-ring (bicyclic) bond motifs is 4. The van der Waals surface area contributed by atoms with Gasteiger partial charge in [-0.05, 0) is 92.7 Å². The van der Waals surface area contributed by atoms with E-state index in [9.17, 15) is 0 Å². The second kappa shape index (κ2) is 11.0. The molecule has 1 aliphatic carbocycles. The Hall–Kier alpha value is -5.27. The van der Waals surface area contributed by atoms with Crippen LogP contribution >= 0.6 is 0 Å². The summed E-state index contributed by atoms with van der Waals surface area (Å²) in [4.78, 5) is 5.01. The fourth-order valence-electron chi connectivity index (χ4n) is 7.65. The van der Waals surface area contributed by atoms with Crippen LogP contribution in [0, 0.1) is 0 Å². The third-order valence-corrected chi connectivity index (χ3v) is 9.74. The molecule has 0 spiro atoms. The van der Waals surface area contributed by atoms with Crippen molar-refractivity contribution < 1.29 is 0 Å². The number of benzene rings is 6. The Morgan fingerprint density at radius 2 is 1.04 bits per heavy atom. The lowest BCUT2D eigenvalue weighted by Crippen LogP contribution is -2.31. The summed E-state index contributed by atoms with van der Waals surface area (Å²) >= 11 is 0. The van der Waals surface area contributed by atoms with Gasteiger partial charge in [-0.15, -0.1) is 0 Å². The molecule has 0 saturated heterocycles.